The van der Waals surface area contributed by atoms with E-state index in [4.69, 9.17) is 5.11 Å². The molecule has 2 aromatic rings. The zero-order valence-electron chi connectivity index (χ0n) is 11.6. The van der Waals surface area contributed by atoms with E-state index in [2.05, 4.69) is 4.98 Å². The molecule has 0 aromatic carbocycles. The van der Waals surface area contributed by atoms with Crippen LogP contribution in [0.4, 0.5) is 0 Å². The van der Waals surface area contributed by atoms with Crippen molar-refractivity contribution in [3.63, 3.8) is 0 Å². The van der Waals surface area contributed by atoms with Crippen molar-refractivity contribution in [1.82, 2.24) is 9.88 Å². The lowest BCUT2D eigenvalue weighted by Gasteiger charge is -2.25. The van der Waals surface area contributed by atoms with Gasteiger partial charge in [-0.05, 0) is 25.3 Å². The van der Waals surface area contributed by atoms with E-state index >= 15 is 0 Å². The Balaban J connectivity index is 2.04. The number of aliphatic hydroxyl groups is 1. The van der Waals surface area contributed by atoms with E-state index in [0.717, 1.165) is 15.6 Å². The monoisotopic (exact) mass is 310 g/mol. The van der Waals surface area contributed by atoms with Crippen molar-refractivity contribution in [2.45, 2.75) is 26.3 Å². The molecule has 0 radical (unpaired) electrons. The summed E-state index contributed by atoms with van der Waals surface area (Å²) in [6.07, 6.45) is 0.292. The molecule has 0 atom stereocenters. The molecule has 4 nitrogen and oxygen atoms in total. The Morgan fingerprint density at radius 2 is 2.25 bits per heavy atom. The van der Waals surface area contributed by atoms with Crippen LogP contribution >= 0.6 is 22.7 Å². The number of thiazole rings is 1. The number of thiophene rings is 1. The van der Waals surface area contributed by atoms with E-state index < -0.39 is 0 Å². The second-order valence-corrected chi connectivity index (χ2v) is 6.51. The molecule has 0 spiro atoms. The minimum atomic E-state index is -0.0125. The largest absolute Gasteiger partial charge is 0.395 e. The van der Waals surface area contributed by atoms with Gasteiger partial charge in [0.15, 0.2) is 0 Å². The topological polar surface area (TPSA) is 53.4 Å². The third-order valence-corrected chi connectivity index (χ3v) is 4.83. The van der Waals surface area contributed by atoms with E-state index in [0.29, 0.717) is 13.0 Å². The van der Waals surface area contributed by atoms with Crippen LogP contribution in [0.1, 0.15) is 19.5 Å². The number of nitrogens with zero attached hydrogens (tertiary/aromatic N) is 2. The summed E-state index contributed by atoms with van der Waals surface area (Å²) in [5.74, 6) is 0.0112. The number of hydrogen-bond acceptors (Lipinski definition) is 5. The molecule has 108 valence electrons. The third-order valence-electron chi connectivity index (χ3n) is 2.90. The van der Waals surface area contributed by atoms with Crippen LogP contribution in [0.5, 0.6) is 0 Å². The average molecular weight is 310 g/mol. The first-order chi connectivity index (χ1) is 9.61. The number of hydrogen-bond donors (Lipinski definition) is 1. The summed E-state index contributed by atoms with van der Waals surface area (Å²) in [4.78, 5) is 19.5. The summed E-state index contributed by atoms with van der Waals surface area (Å²) < 4.78 is 0. The Morgan fingerprint density at radius 3 is 2.85 bits per heavy atom. The second-order valence-electron chi connectivity index (χ2n) is 4.70. The van der Waals surface area contributed by atoms with Gasteiger partial charge in [0.25, 0.3) is 0 Å². The maximum Gasteiger partial charge on any atom is 0.228 e. The maximum absolute atomic E-state index is 12.2. The van der Waals surface area contributed by atoms with Crippen molar-refractivity contribution in [3.05, 3.63) is 28.6 Å². The lowest BCUT2D eigenvalue weighted by molar-refractivity contribution is -0.132. The van der Waals surface area contributed by atoms with Crippen molar-refractivity contribution in [3.8, 4) is 9.88 Å². The normalized spacial score (nSPS) is 11.0. The van der Waals surface area contributed by atoms with Crippen molar-refractivity contribution >= 4 is 28.6 Å². The van der Waals surface area contributed by atoms with Crippen molar-refractivity contribution in [1.29, 1.82) is 0 Å². The van der Waals surface area contributed by atoms with Crippen molar-refractivity contribution < 1.29 is 9.90 Å². The summed E-state index contributed by atoms with van der Waals surface area (Å²) in [6, 6.07) is 4.11. The molecule has 0 aliphatic heterocycles. The van der Waals surface area contributed by atoms with E-state index in [1.54, 1.807) is 27.6 Å². The van der Waals surface area contributed by atoms with E-state index in [1.165, 1.54) is 0 Å². The molecule has 0 bridgehead atoms. The quantitative estimate of drug-likeness (QED) is 0.892. The highest BCUT2D eigenvalue weighted by Gasteiger charge is 2.18. The van der Waals surface area contributed by atoms with E-state index in [1.807, 2.05) is 36.7 Å². The van der Waals surface area contributed by atoms with Crippen LogP contribution in [0.25, 0.3) is 9.88 Å². The second kappa shape index (κ2) is 6.97. The minimum absolute atomic E-state index is 0.0112. The maximum atomic E-state index is 12.2. The summed E-state index contributed by atoms with van der Waals surface area (Å²) in [7, 11) is 0. The molecule has 0 aliphatic carbocycles. The van der Waals surface area contributed by atoms with E-state index in [9.17, 15) is 4.79 Å². The number of carbonyl (C=O) groups excluding carboxylic acids is 1. The molecule has 0 fully saturated rings. The average Bonchev–Trinajstić information content (AvgIpc) is 3.05. The van der Waals surface area contributed by atoms with Crippen LogP contribution in [-0.4, -0.2) is 40.1 Å². The van der Waals surface area contributed by atoms with Gasteiger partial charge in [0, 0.05) is 18.0 Å². The first kappa shape index (κ1) is 15.2. The molecular formula is C14H18N2O2S2. The Hall–Kier alpha value is -1.24. The highest BCUT2D eigenvalue weighted by atomic mass is 32.1. The van der Waals surface area contributed by atoms with Gasteiger partial charge in [0.1, 0.15) is 5.01 Å². The molecule has 0 saturated heterocycles. The molecule has 1 N–H and O–H groups in total. The summed E-state index contributed by atoms with van der Waals surface area (Å²) in [5.41, 5.74) is 0.798. The van der Waals surface area contributed by atoms with Gasteiger partial charge < -0.3 is 10.0 Å². The highest BCUT2D eigenvalue weighted by molar-refractivity contribution is 7.20. The standard InChI is InChI=1S/C14H18N2O2S2/c1-10(2)16(5-6-17)13(18)8-11-9-20-14(15-11)12-4-3-7-19-12/h3-4,7,9-10,17H,5-6,8H2,1-2H3. The van der Waals surface area contributed by atoms with Crippen LogP contribution in [0.15, 0.2) is 22.9 Å². The minimum Gasteiger partial charge on any atom is -0.395 e. The van der Waals surface area contributed by atoms with Crippen molar-refractivity contribution in [2.24, 2.45) is 0 Å². The van der Waals surface area contributed by atoms with Gasteiger partial charge in [-0.3, -0.25) is 4.79 Å². The number of amides is 1. The fourth-order valence-corrected chi connectivity index (χ4v) is 3.57. The predicted molar refractivity (Wildman–Crippen MR) is 83.1 cm³/mol. The summed E-state index contributed by atoms with van der Waals surface area (Å²) >= 11 is 3.21. The van der Waals surface area contributed by atoms with Gasteiger partial charge in [0.2, 0.25) is 5.91 Å². The van der Waals surface area contributed by atoms with Gasteiger partial charge in [-0.1, -0.05) is 6.07 Å². The molecule has 0 saturated carbocycles. The number of carbonyl (C=O) groups is 1. The van der Waals surface area contributed by atoms with Gasteiger partial charge in [0.05, 0.1) is 23.6 Å². The van der Waals surface area contributed by atoms with Crippen LogP contribution in [-0.2, 0) is 11.2 Å². The first-order valence-corrected chi connectivity index (χ1v) is 8.26. The Labute approximate surface area is 126 Å². The summed E-state index contributed by atoms with van der Waals surface area (Å²) in [6.45, 7) is 4.26. The molecule has 2 heterocycles. The fourth-order valence-electron chi connectivity index (χ4n) is 1.94. The number of aromatic nitrogens is 1. The molecule has 2 rings (SSSR count). The Bertz CT molecular complexity index is 549. The Kier molecular flexibility index (Phi) is 5.28. The van der Waals surface area contributed by atoms with Crippen LogP contribution in [0.2, 0.25) is 0 Å². The lowest BCUT2D eigenvalue weighted by Crippen LogP contribution is -2.39. The molecular weight excluding hydrogens is 292 g/mol. The van der Waals surface area contributed by atoms with Gasteiger partial charge in [-0.15, -0.1) is 22.7 Å². The highest BCUT2D eigenvalue weighted by Crippen LogP contribution is 2.28. The van der Waals surface area contributed by atoms with E-state index in [-0.39, 0.29) is 18.6 Å². The SMILES string of the molecule is CC(C)N(CCO)C(=O)Cc1csc(-c2cccs2)n1. The fraction of sp³-hybridized carbons (Fsp3) is 0.429. The van der Waals surface area contributed by atoms with Crippen LogP contribution < -0.4 is 0 Å². The zero-order chi connectivity index (χ0) is 14.5. The number of rotatable bonds is 6. The van der Waals surface area contributed by atoms with Crippen LogP contribution in [0, 0.1) is 0 Å². The molecule has 1 amide bonds. The van der Waals surface area contributed by atoms with Crippen LogP contribution in [0.3, 0.4) is 0 Å². The first-order valence-electron chi connectivity index (χ1n) is 6.50. The number of aliphatic hydroxyl groups excluding tert-OH is 1. The molecule has 0 unspecified atom stereocenters. The van der Waals surface area contributed by atoms with Gasteiger partial charge >= 0.3 is 0 Å². The molecule has 20 heavy (non-hydrogen) atoms. The molecule has 6 heteroatoms. The lowest BCUT2D eigenvalue weighted by atomic mass is 10.2. The Morgan fingerprint density at radius 1 is 1.45 bits per heavy atom. The van der Waals surface area contributed by atoms with Gasteiger partial charge in [-0.25, -0.2) is 4.98 Å². The molecule has 0 aliphatic rings. The van der Waals surface area contributed by atoms with Gasteiger partial charge in [-0.2, -0.15) is 0 Å². The molecule has 2 aromatic heterocycles. The van der Waals surface area contributed by atoms with Crippen molar-refractivity contribution in [2.75, 3.05) is 13.2 Å². The summed E-state index contributed by atoms with van der Waals surface area (Å²) in [5, 5.41) is 13.9. The zero-order valence-corrected chi connectivity index (χ0v) is 13.2. The smallest absolute Gasteiger partial charge is 0.228 e. The third kappa shape index (κ3) is 3.65. The predicted octanol–water partition coefficient (Wildman–Crippen LogP) is 2.64.